The van der Waals surface area contributed by atoms with Gasteiger partial charge in [-0.3, -0.25) is 13.8 Å². The van der Waals surface area contributed by atoms with Gasteiger partial charge in [-0.05, 0) is 42.3 Å². The average Bonchev–Trinajstić information content (AvgIpc) is 3.12. The number of alkyl halides is 3. The van der Waals surface area contributed by atoms with Crippen LogP contribution in [0.25, 0.3) is 11.3 Å². The van der Waals surface area contributed by atoms with Gasteiger partial charge in [-0.2, -0.15) is 0 Å². The van der Waals surface area contributed by atoms with Crippen LogP contribution in [-0.4, -0.2) is 25.5 Å². The first-order chi connectivity index (χ1) is 14.7. The predicted molar refractivity (Wildman–Crippen MR) is 111 cm³/mol. The lowest BCUT2D eigenvalue weighted by Crippen LogP contribution is -2.21. The van der Waals surface area contributed by atoms with Crippen LogP contribution in [0.2, 0.25) is 5.02 Å². The fourth-order valence-corrected chi connectivity index (χ4v) is 4.02. The second kappa shape index (κ2) is 8.27. The lowest BCUT2D eigenvalue weighted by atomic mass is 10.2. The number of thioether (sulfide) groups is 1. The van der Waals surface area contributed by atoms with E-state index in [1.54, 1.807) is 41.1 Å². The van der Waals surface area contributed by atoms with Crippen molar-refractivity contribution in [1.82, 2.24) is 19.2 Å². The molecule has 0 amide bonds. The fourth-order valence-electron chi connectivity index (χ4n) is 2.99. The molecule has 0 saturated heterocycles. The maximum Gasteiger partial charge on any atom is 0.573 e. The zero-order valence-electron chi connectivity index (χ0n) is 15.9. The number of nitrogens with zero attached hydrogens (tertiary/aromatic N) is 4. The Morgan fingerprint density at radius 2 is 1.90 bits per heavy atom. The van der Waals surface area contributed by atoms with Crippen LogP contribution in [0.3, 0.4) is 0 Å². The normalized spacial score (nSPS) is 11.8. The summed E-state index contributed by atoms with van der Waals surface area (Å²) in [6.45, 7) is 1.82. The van der Waals surface area contributed by atoms with Gasteiger partial charge in [0.1, 0.15) is 5.75 Å². The number of halogens is 4. The highest BCUT2D eigenvalue weighted by Crippen LogP contribution is 2.27. The summed E-state index contributed by atoms with van der Waals surface area (Å²) in [7, 11) is 0. The zero-order chi connectivity index (χ0) is 22.2. The number of hydrogen-bond donors (Lipinski definition) is 0. The van der Waals surface area contributed by atoms with Crippen molar-refractivity contribution in [1.29, 1.82) is 0 Å². The van der Waals surface area contributed by atoms with Crippen LogP contribution in [0.5, 0.6) is 5.75 Å². The lowest BCUT2D eigenvalue weighted by Gasteiger charge is -2.11. The standard InChI is InChI=1S/C20H14ClF3N4O2S/c1-12-15(21)6-3-7-16(12)27-8-9-28-17(18(27)29)25-26-19(28)31-11-13-4-2-5-14(10-13)30-20(22,23)24/h2-10H,11H2,1H3. The molecule has 0 radical (unpaired) electrons. The number of benzene rings is 2. The van der Waals surface area contributed by atoms with Gasteiger partial charge < -0.3 is 4.74 Å². The number of fused-ring (bicyclic) bond motifs is 1. The minimum absolute atomic E-state index is 0.124. The molecule has 2 aromatic carbocycles. The summed E-state index contributed by atoms with van der Waals surface area (Å²) in [6.07, 6.45) is -1.50. The maximum absolute atomic E-state index is 12.9. The van der Waals surface area contributed by atoms with Crippen molar-refractivity contribution in [3.8, 4) is 11.4 Å². The van der Waals surface area contributed by atoms with E-state index in [2.05, 4.69) is 14.9 Å². The van der Waals surface area contributed by atoms with Gasteiger partial charge in [0.2, 0.25) is 5.65 Å². The van der Waals surface area contributed by atoms with E-state index in [-0.39, 0.29) is 17.0 Å². The van der Waals surface area contributed by atoms with Gasteiger partial charge in [-0.1, -0.05) is 41.6 Å². The monoisotopic (exact) mass is 466 g/mol. The first-order valence-corrected chi connectivity index (χ1v) is 10.3. The van der Waals surface area contributed by atoms with Crippen LogP contribution in [0, 0.1) is 6.92 Å². The molecule has 0 aliphatic heterocycles. The van der Waals surface area contributed by atoms with E-state index in [1.807, 2.05) is 6.92 Å². The van der Waals surface area contributed by atoms with E-state index >= 15 is 0 Å². The van der Waals surface area contributed by atoms with Gasteiger partial charge in [-0.15, -0.1) is 23.4 Å². The number of hydrogen-bond acceptors (Lipinski definition) is 5. The van der Waals surface area contributed by atoms with Gasteiger partial charge in [-0.25, -0.2) is 0 Å². The summed E-state index contributed by atoms with van der Waals surface area (Å²) in [5.41, 5.74) is 1.75. The fraction of sp³-hybridized carbons (Fsp3) is 0.150. The van der Waals surface area contributed by atoms with E-state index in [0.29, 0.717) is 27.2 Å². The highest BCUT2D eigenvalue weighted by Gasteiger charge is 2.31. The lowest BCUT2D eigenvalue weighted by molar-refractivity contribution is -0.274. The average molecular weight is 467 g/mol. The summed E-state index contributed by atoms with van der Waals surface area (Å²) in [4.78, 5) is 12.9. The Kier molecular flexibility index (Phi) is 5.67. The molecule has 0 fully saturated rings. The third-order valence-corrected chi connectivity index (χ3v) is 5.86. The minimum atomic E-state index is -4.75. The maximum atomic E-state index is 12.9. The number of ether oxygens (including phenoxy) is 1. The number of rotatable bonds is 5. The molecule has 0 bridgehead atoms. The molecular formula is C20H14ClF3N4O2S. The molecule has 2 heterocycles. The van der Waals surface area contributed by atoms with Crippen LogP contribution >= 0.6 is 23.4 Å². The largest absolute Gasteiger partial charge is 0.573 e. The molecule has 11 heteroatoms. The van der Waals surface area contributed by atoms with Gasteiger partial charge in [0.25, 0.3) is 0 Å². The molecule has 4 rings (SSSR count). The van der Waals surface area contributed by atoms with Gasteiger partial charge in [0.15, 0.2) is 5.16 Å². The van der Waals surface area contributed by atoms with Crippen molar-refractivity contribution in [2.45, 2.75) is 24.2 Å². The third-order valence-electron chi connectivity index (χ3n) is 4.44. The van der Waals surface area contributed by atoms with Gasteiger partial charge >= 0.3 is 11.9 Å². The molecule has 6 nitrogen and oxygen atoms in total. The Hall–Kier alpha value is -2.98. The van der Waals surface area contributed by atoms with Crippen molar-refractivity contribution in [3.05, 3.63) is 81.4 Å². The summed E-state index contributed by atoms with van der Waals surface area (Å²) >= 11 is 7.40. The molecule has 4 aromatic rings. The SMILES string of the molecule is Cc1c(Cl)cccc1-n1ccn2c(SCc3cccc(OC(F)(F)F)c3)nnc2c1=O. The van der Waals surface area contributed by atoms with E-state index in [9.17, 15) is 18.0 Å². The molecule has 0 N–H and O–H groups in total. The van der Waals surface area contributed by atoms with Crippen LogP contribution in [0.4, 0.5) is 13.2 Å². The van der Waals surface area contributed by atoms with Gasteiger partial charge in [0.05, 0.1) is 5.69 Å². The van der Waals surface area contributed by atoms with E-state index in [1.165, 1.54) is 34.5 Å². The molecule has 0 saturated carbocycles. The molecule has 0 atom stereocenters. The van der Waals surface area contributed by atoms with Crippen molar-refractivity contribution >= 4 is 29.0 Å². The summed E-state index contributed by atoms with van der Waals surface area (Å²) in [6, 6.07) is 11.0. The second-order valence-electron chi connectivity index (χ2n) is 6.52. The van der Waals surface area contributed by atoms with E-state index < -0.39 is 6.36 Å². The zero-order valence-corrected chi connectivity index (χ0v) is 17.5. The predicted octanol–water partition coefficient (Wildman–Crippen LogP) is 5.03. The molecular weight excluding hydrogens is 453 g/mol. The number of aromatic nitrogens is 4. The first kappa shape index (κ1) is 21.3. The summed E-state index contributed by atoms with van der Waals surface area (Å²) in [5, 5.41) is 9.02. The van der Waals surface area contributed by atoms with Crippen molar-refractivity contribution in [3.63, 3.8) is 0 Å². The highest BCUT2D eigenvalue weighted by atomic mass is 35.5. The van der Waals surface area contributed by atoms with Crippen LogP contribution < -0.4 is 10.3 Å². The molecule has 0 spiro atoms. The Labute approximate surface area is 183 Å². The molecule has 31 heavy (non-hydrogen) atoms. The van der Waals surface area contributed by atoms with Crippen LogP contribution in [0.15, 0.2) is 64.8 Å². The van der Waals surface area contributed by atoms with Crippen molar-refractivity contribution in [2.24, 2.45) is 0 Å². The van der Waals surface area contributed by atoms with E-state index in [0.717, 1.165) is 5.56 Å². The first-order valence-electron chi connectivity index (χ1n) is 8.92. The summed E-state index contributed by atoms with van der Waals surface area (Å²) in [5.74, 6) is 0.0169. The van der Waals surface area contributed by atoms with E-state index in [4.69, 9.17) is 11.6 Å². The molecule has 2 aromatic heterocycles. The third kappa shape index (κ3) is 4.54. The second-order valence-corrected chi connectivity index (χ2v) is 7.87. The molecule has 0 aliphatic carbocycles. The Morgan fingerprint density at radius 1 is 1.13 bits per heavy atom. The molecule has 0 unspecified atom stereocenters. The smallest absolute Gasteiger partial charge is 0.406 e. The summed E-state index contributed by atoms with van der Waals surface area (Å²) < 4.78 is 44.2. The quantitative estimate of drug-likeness (QED) is 0.386. The minimum Gasteiger partial charge on any atom is -0.406 e. The Bertz CT molecular complexity index is 1320. The topological polar surface area (TPSA) is 61.4 Å². The molecule has 0 aliphatic rings. The Morgan fingerprint density at radius 3 is 2.68 bits per heavy atom. The highest BCUT2D eigenvalue weighted by molar-refractivity contribution is 7.98. The van der Waals surface area contributed by atoms with Crippen molar-refractivity contribution < 1.29 is 17.9 Å². The molecule has 160 valence electrons. The van der Waals surface area contributed by atoms with Gasteiger partial charge in [0, 0.05) is 23.2 Å². The Balaban J connectivity index is 1.60. The van der Waals surface area contributed by atoms with Crippen LogP contribution in [0.1, 0.15) is 11.1 Å². The van der Waals surface area contributed by atoms with Crippen LogP contribution in [-0.2, 0) is 5.75 Å². The van der Waals surface area contributed by atoms with Crippen molar-refractivity contribution in [2.75, 3.05) is 0 Å².